The summed E-state index contributed by atoms with van der Waals surface area (Å²) < 4.78 is 14.2. The first-order chi connectivity index (χ1) is 15.1. The minimum absolute atomic E-state index is 0.0148. The fraction of sp³-hybridized carbons (Fsp3) is 0.417. The molecule has 7 heteroatoms. The van der Waals surface area contributed by atoms with Crippen molar-refractivity contribution >= 4 is 16.9 Å². The van der Waals surface area contributed by atoms with Gasteiger partial charge in [0, 0.05) is 26.1 Å². The second-order valence-electron chi connectivity index (χ2n) is 7.78. The number of carbonyl (C=O) groups is 1. The summed E-state index contributed by atoms with van der Waals surface area (Å²) in [6, 6.07) is 13.6. The maximum absolute atomic E-state index is 13.2. The topological polar surface area (TPSA) is 65.7 Å². The van der Waals surface area contributed by atoms with Gasteiger partial charge in [0.2, 0.25) is 5.91 Å². The van der Waals surface area contributed by atoms with Crippen LogP contribution >= 0.6 is 0 Å². The summed E-state index contributed by atoms with van der Waals surface area (Å²) in [5.74, 6) is 1.41. The highest BCUT2D eigenvalue weighted by Crippen LogP contribution is 2.37. The Hall–Kier alpha value is -3.22. The highest BCUT2D eigenvalue weighted by molar-refractivity contribution is 5.78. The Morgan fingerprint density at radius 2 is 1.74 bits per heavy atom. The van der Waals surface area contributed by atoms with Crippen LogP contribution in [0, 0.1) is 0 Å². The molecule has 1 atom stereocenters. The lowest BCUT2D eigenvalue weighted by molar-refractivity contribution is -0.132. The molecule has 1 aliphatic heterocycles. The van der Waals surface area contributed by atoms with Crippen LogP contribution in [0.3, 0.4) is 0 Å². The van der Waals surface area contributed by atoms with E-state index >= 15 is 0 Å². The fourth-order valence-electron chi connectivity index (χ4n) is 4.62. The number of methoxy groups -OCH3 is 2. The number of likely N-dealkylation sites (tertiary alicyclic amines) is 1. The van der Waals surface area contributed by atoms with Gasteiger partial charge in [-0.1, -0.05) is 18.2 Å². The minimum atomic E-state index is -0.0608. The average molecular weight is 424 g/mol. The molecule has 1 amide bonds. The third-order valence-corrected chi connectivity index (χ3v) is 6.16. The van der Waals surface area contributed by atoms with Crippen molar-refractivity contribution in [3.8, 4) is 11.5 Å². The zero-order valence-corrected chi connectivity index (χ0v) is 18.3. The number of amides is 1. The van der Waals surface area contributed by atoms with Gasteiger partial charge in [-0.25, -0.2) is 4.79 Å². The monoisotopic (exact) mass is 423 g/mol. The third kappa shape index (κ3) is 3.80. The summed E-state index contributed by atoms with van der Waals surface area (Å²) in [5.41, 5.74) is 2.77. The zero-order chi connectivity index (χ0) is 22.0. The van der Waals surface area contributed by atoms with Crippen LogP contribution in [-0.4, -0.2) is 40.7 Å². The number of fused-ring (bicyclic) bond motifs is 1. The fourth-order valence-corrected chi connectivity index (χ4v) is 4.62. The lowest BCUT2D eigenvalue weighted by atomic mass is 10.0. The Bertz CT molecular complexity index is 1150. The molecule has 4 rings (SSSR count). The Morgan fingerprint density at radius 3 is 2.42 bits per heavy atom. The molecule has 1 saturated heterocycles. The smallest absolute Gasteiger partial charge is 0.329 e. The normalized spacial score (nSPS) is 16.1. The number of imidazole rings is 1. The molecule has 0 N–H and O–H groups in total. The summed E-state index contributed by atoms with van der Waals surface area (Å²) in [7, 11) is 3.23. The van der Waals surface area contributed by atoms with Gasteiger partial charge in [0.1, 0.15) is 0 Å². The van der Waals surface area contributed by atoms with Gasteiger partial charge < -0.3 is 14.4 Å². The number of rotatable bonds is 7. The van der Waals surface area contributed by atoms with Crippen molar-refractivity contribution in [2.75, 3.05) is 20.8 Å². The molecule has 1 aliphatic rings. The van der Waals surface area contributed by atoms with E-state index in [0.29, 0.717) is 31.0 Å². The number of hydrogen-bond acceptors (Lipinski definition) is 4. The van der Waals surface area contributed by atoms with Crippen LogP contribution in [0.15, 0.2) is 47.3 Å². The molecule has 1 fully saturated rings. The van der Waals surface area contributed by atoms with E-state index in [-0.39, 0.29) is 17.6 Å². The largest absolute Gasteiger partial charge is 0.493 e. The molecule has 0 spiro atoms. The summed E-state index contributed by atoms with van der Waals surface area (Å²) in [5, 5.41) is 0. The molecular formula is C24H29N3O4. The first-order valence-corrected chi connectivity index (χ1v) is 10.8. The first kappa shape index (κ1) is 21.0. The third-order valence-electron chi connectivity index (χ3n) is 6.16. The van der Waals surface area contributed by atoms with Gasteiger partial charge >= 0.3 is 5.69 Å². The highest BCUT2D eigenvalue weighted by Gasteiger charge is 2.30. The molecule has 164 valence electrons. The molecule has 2 aromatic carbocycles. The van der Waals surface area contributed by atoms with Crippen LogP contribution < -0.4 is 15.2 Å². The molecule has 31 heavy (non-hydrogen) atoms. The Morgan fingerprint density at radius 1 is 1.03 bits per heavy atom. The standard InChI is InChI=1S/C24H29N3O4/c1-4-25-19-8-5-6-9-20(19)27(24(25)29)15-13-23(28)26-14-7-10-18(26)17-11-12-21(30-2)22(16-17)31-3/h5-6,8-9,11-12,16,18H,4,7,10,13-15H2,1-3H3/t18-/m1/s1. The van der Waals surface area contributed by atoms with Gasteiger partial charge in [-0.2, -0.15) is 0 Å². The van der Waals surface area contributed by atoms with Crippen molar-refractivity contribution in [3.63, 3.8) is 0 Å². The van der Waals surface area contributed by atoms with Gasteiger partial charge in [-0.05, 0) is 49.6 Å². The number of ether oxygens (including phenoxy) is 2. The van der Waals surface area contributed by atoms with Crippen molar-refractivity contribution < 1.29 is 14.3 Å². The summed E-state index contributed by atoms with van der Waals surface area (Å²) >= 11 is 0. The van der Waals surface area contributed by atoms with E-state index in [9.17, 15) is 9.59 Å². The highest BCUT2D eigenvalue weighted by atomic mass is 16.5. The lowest BCUT2D eigenvalue weighted by Crippen LogP contribution is -2.32. The summed E-state index contributed by atoms with van der Waals surface area (Å²) in [6.07, 6.45) is 2.16. The van der Waals surface area contributed by atoms with Crippen molar-refractivity contribution in [1.82, 2.24) is 14.0 Å². The van der Waals surface area contributed by atoms with E-state index in [1.165, 1.54) is 0 Å². The molecule has 0 unspecified atom stereocenters. The molecule has 2 heterocycles. The van der Waals surface area contributed by atoms with Crippen molar-refractivity contribution in [2.24, 2.45) is 0 Å². The number of carbonyl (C=O) groups excluding carboxylic acids is 1. The van der Waals surface area contributed by atoms with Gasteiger partial charge in [0.05, 0.1) is 31.3 Å². The molecular weight excluding hydrogens is 394 g/mol. The Labute approximate surface area is 181 Å². The van der Waals surface area contributed by atoms with Crippen LogP contribution in [-0.2, 0) is 17.9 Å². The van der Waals surface area contributed by atoms with Crippen LogP contribution in [0.5, 0.6) is 11.5 Å². The predicted molar refractivity (Wildman–Crippen MR) is 120 cm³/mol. The predicted octanol–water partition coefficient (Wildman–Crippen LogP) is 3.59. The van der Waals surface area contributed by atoms with Crippen molar-refractivity contribution in [1.29, 1.82) is 0 Å². The van der Waals surface area contributed by atoms with E-state index in [4.69, 9.17) is 9.47 Å². The molecule has 1 aromatic heterocycles. The number of hydrogen-bond donors (Lipinski definition) is 0. The van der Waals surface area contributed by atoms with Gasteiger partial charge in [-0.3, -0.25) is 13.9 Å². The number of aromatic nitrogens is 2. The van der Waals surface area contributed by atoms with E-state index in [0.717, 1.165) is 36.0 Å². The number of benzene rings is 2. The van der Waals surface area contributed by atoms with E-state index < -0.39 is 0 Å². The second kappa shape index (κ2) is 8.88. The molecule has 0 saturated carbocycles. The van der Waals surface area contributed by atoms with Crippen molar-refractivity contribution in [3.05, 3.63) is 58.5 Å². The van der Waals surface area contributed by atoms with E-state index in [1.807, 2.05) is 54.3 Å². The molecule has 0 radical (unpaired) electrons. The van der Waals surface area contributed by atoms with Crippen LogP contribution in [0.1, 0.15) is 37.8 Å². The lowest BCUT2D eigenvalue weighted by Gasteiger charge is -2.26. The molecule has 0 aliphatic carbocycles. The molecule has 0 bridgehead atoms. The Kier molecular flexibility index (Phi) is 6.02. The van der Waals surface area contributed by atoms with Crippen LogP contribution in [0.25, 0.3) is 11.0 Å². The summed E-state index contributed by atoms with van der Waals surface area (Å²) in [6.45, 7) is 3.67. The van der Waals surface area contributed by atoms with Gasteiger partial charge in [0.15, 0.2) is 11.5 Å². The van der Waals surface area contributed by atoms with Gasteiger partial charge in [-0.15, -0.1) is 0 Å². The Balaban J connectivity index is 1.54. The zero-order valence-electron chi connectivity index (χ0n) is 18.3. The maximum Gasteiger partial charge on any atom is 0.329 e. The van der Waals surface area contributed by atoms with Gasteiger partial charge in [0.25, 0.3) is 0 Å². The quantitative estimate of drug-likeness (QED) is 0.583. The first-order valence-electron chi connectivity index (χ1n) is 10.8. The van der Waals surface area contributed by atoms with E-state index in [1.54, 1.807) is 23.4 Å². The average Bonchev–Trinajstić information content (AvgIpc) is 3.39. The number of para-hydroxylation sites is 2. The molecule has 3 aromatic rings. The van der Waals surface area contributed by atoms with Crippen LogP contribution in [0.4, 0.5) is 0 Å². The van der Waals surface area contributed by atoms with Crippen molar-refractivity contribution in [2.45, 2.75) is 45.3 Å². The number of nitrogens with zero attached hydrogens (tertiary/aromatic N) is 3. The molecule has 7 nitrogen and oxygen atoms in total. The summed E-state index contributed by atoms with van der Waals surface area (Å²) in [4.78, 5) is 27.9. The maximum atomic E-state index is 13.2. The second-order valence-corrected chi connectivity index (χ2v) is 7.78. The SMILES string of the molecule is CCn1c(=O)n(CCC(=O)N2CCC[C@@H]2c2ccc(OC)c(OC)c2)c2ccccc21. The number of aryl methyl sites for hydroxylation is 2. The van der Waals surface area contributed by atoms with Crippen LogP contribution in [0.2, 0.25) is 0 Å². The van der Waals surface area contributed by atoms with E-state index in [2.05, 4.69) is 0 Å². The minimum Gasteiger partial charge on any atom is -0.493 e.